The zero-order valence-corrected chi connectivity index (χ0v) is 20.7. The van der Waals surface area contributed by atoms with Crippen LogP contribution in [0.15, 0.2) is 77.0 Å². The summed E-state index contributed by atoms with van der Waals surface area (Å²) in [5, 5.41) is 2.35. The van der Waals surface area contributed by atoms with Gasteiger partial charge in [-0.3, -0.25) is 14.4 Å². The van der Waals surface area contributed by atoms with Crippen molar-refractivity contribution in [1.29, 1.82) is 0 Å². The third-order valence-electron chi connectivity index (χ3n) is 5.87. The predicted octanol–water partition coefficient (Wildman–Crippen LogP) is 2.57. The number of aryl methyl sites for hydroxylation is 1. The van der Waals surface area contributed by atoms with Gasteiger partial charge in [0.1, 0.15) is 0 Å². The maximum absolute atomic E-state index is 13.5. The van der Waals surface area contributed by atoms with Gasteiger partial charge in [0, 0.05) is 31.7 Å². The Bertz CT molecular complexity index is 1320. The second kappa shape index (κ2) is 10.4. The zero-order valence-electron chi connectivity index (χ0n) is 19.1. The van der Waals surface area contributed by atoms with Crippen molar-refractivity contribution < 1.29 is 22.8 Å². The van der Waals surface area contributed by atoms with E-state index in [-0.39, 0.29) is 37.0 Å². The number of carbonyl (C=O) groups excluding carboxylic acids is 3. The highest BCUT2D eigenvalue weighted by atomic mass is 32.2. The Hall–Kier alpha value is -3.50. The van der Waals surface area contributed by atoms with E-state index in [1.54, 1.807) is 52.7 Å². The number of hydrogen-bond donors (Lipinski definition) is 1. The highest BCUT2D eigenvalue weighted by Crippen LogP contribution is 2.19. The lowest BCUT2D eigenvalue weighted by atomic mass is 10.1. The summed E-state index contributed by atoms with van der Waals surface area (Å²) in [6.45, 7) is 2.70. The maximum Gasteiger partial charge on any atom is 0.262 e. The molecule has 1 N–H and O–H groups in total. The third-order valence-corrected chi connectivity index (χ3v) is 8.61. The van der Waals surface area contributed by atoms with Gasteiger partial charge in [0.25, 0.3) is 17.7 Å². The number of sulfone groups is 1. The molecule has 3 amide bonds. The van der Waals surface area contributed by atoms with E-state index < -0.39 is 27.0 Å². The molecule has 0 radical (unpaired) electrons. The molecule has 1 aliphatic rings. The standard InChI is InChI=1S/C25H25N3O5S2/c1-18-8-5-6-11-20(18)24(30)27-13-15-28(16-14-27)25(31)23(26-22(29)21-12-7-17-34-21)35(32,33)19-9-3-2-4-10-19/h2-12,17,23H,13-16H2,1H3,(H,26,29)/t23-/m1/s1. The number of nitrogens with one attached hydrogen (secondary N) is 1. The fourth-order valence-electron chi connectivity index (χ4n) is 3.90. The summed E-state index contributed by atoms with van der Waals surface area (Å²) >= 11 is 1.15. The Labute approximate surface area is 208 Å². The number of rotatable bonds is 6. The van der Waals surface area contributed by atoms with Gasteiger partial charge in [0.05, 0.1) is 9.77 Å². The summed E-state index contributed by atoms with van der Waals surface area (Å²) in [5.41, 5.74) is 1.46. The minimum Gasteiger partial charge on any atom is -0.336 e. The molecule has 1 fully saturated rings. The second-order valence-electron chi connectivity index (χ2n) is 8.12. The van der Waals surface area contributed by atoms with Crippen molar-refractivity contribution in [2.45, 2.75) is 17.2 Å². The number of amides is 3. The van der Waals surface area contributed by atoms with Gasteiger partial charge in [-0.2, -0.15) is 0 Å². The number of carbonyl (C=O) groups is 3. The Morgan fingerprint density at radius 1 is 0.857 bits per heavy atom. The Kier molecular flexibility index (Phi) is 7.32. The van der Waals surface area contributed by atoms with Crippen molar-refractivity contribution in [3.63, 3.8) is 0 Å². The average molecular weight is 512 g/mol. The summed E-state index contributed by atoms with van der Waals surface area (Å²) < 4.78 is 26.8. The second-order valence-corrected chi connectivity index (χ2v) is 11.1. The molecule has 2 aromatic carbocycles. The minimum atomic E-state index is -4.21. The van der Waals surface area contributed by atoms with Gasteiger partial charge in [-0.1, -0.05) is 42.5 Å². The van der Waals surface area contributed by atoms with E-state index in [1.165, 1.54) is 17.0 Å². The van der Waals surface area contributed by atoms with Crippen LogP contribution >= 0.6 is 11.3 Å². The van der Waals surface area contributed by atoms with Crippen LogP contribution in [0.5, 0.6) is 0 Å². The number of benzene rings is 2. The first-order valence-electron chi connectivity index (χ1n) is 11.1. The van der Waals surface area contributed by atoms with Crippen LogP contribution in [0.4, 0.5) is 0 Å². The van der Waals surface area contributed by atoms with Gasteiger partial charge < -0.3 is 15.1 Å². The normalized spacial score (nSPS) is 14.9. The smallest absolute Gasteiger partial charge is 0.262 e. The van der Waals surface area contributed by atoms with E-state index >= 15 is 0 Å². The lowest BCUT2D eigenvalue weighted by Gasteiger charge is -2.36. The molecule has 1 saturated heterocycles. The Balaban J connectivity index is 1.53. The van der Waals surface area contributed by atoms with Crippen LogP contribution < -0.4 is 5.32 Å². The Morgan fingerprint density at radius 3 is 2.11 bits per heavy atom. The van der Waals surface area contributed by atoms with E-state index in [9.17, 15) is 22.8 Å². The van der Waals surface area contributed by atoms with E-state index in [0.29, 0.717) is 10.4 Å². The van der Waals surface area contributed by atoms with Crippen molar-refractivity contribution in [2.75, 3.05) is 26.2 Å². The SMILES string of the molecule is Cc1ccccc1C(=O)N1CCN(C(=O)[C@H](NC(=O)c2cccs2)S(=O)(=O)c2ccccc2)CC1. The molecule has 1 aromatic heterocycles. The fourth-order valence-corrected chi connectivity index (χ4v) is 6.01. The van der Waals surface area contributed by atoms with E-state index in [2.05, 4.69) is 5.32 Å². The summed E-state index contributed by atoms with van der Waals surface area (Å²) in [6, 6.07) is 18.1. The van der Waals surface area contributed by atoms with E-state index in [0.717, 1.165) is 16.9 Å². The van der Waals surface area contributed by atoms with E-state index in [4.69, 9.17) is 0 Å². The maximum atomic E-state index is 13.5. The van der Waals surface area contributed by atoms with Gasteiger partial charge in [-0.05, 0) is 42.1 Å². The number of piperazine rings is 1. The topological polar surface area (TPSA) is 104 Å². The van der Waals surface area contributed by atoms with Gasteiger partial charge in [-0.15, -0.1) is 11.3 Å². The molecular formula is C25H25N3O5S2. The van der Waals surface area contributed by atoms with Crippen molar-refractivity contribution in [3.8, 4) is 0 Å². The highest BCUT2D eigenvalue weighted by molar-refractivity contribution is 7.92. The van der Waals surface area contributed by atoms with Crippen LogP contribution in [0.1, 0.15) is 25.6 Å². The summed E-state index contributed by atoms with van der Waals surface area (Å²) in [7, 11) is -4.21. The Morgan fingerprint density at radius 2 is 1.49 bits per heavy atom. The molecule has 2 heterocycles. The zero-order chi connectivity index (χ0) is 25.0. The largest absolute Gasteiger partial charge is 0.336 e. The summed E-state index contributed by atoms with van der Waals surface area (Å²) in [5.74, 6) is -1.48. The molecule has 8 nitrogen and oxygen atoms in total. The number of thiophene rings is 1. The van der Waals surface area contributed by atoms with E-state index in [1.807, 2.05) is 19.1 Å². The first kappa shape index (κ1) is 24.6. The molecule has 0 aliphatic carbocycles. The molecule has 1 atom stereocenters. The van der Waals surface area contributed by atoms with Crippen LogP contribution in [0, 0.1) is 6.92 Å². The molecule has 3 aromatic rings. The van der Waals surface area contributed by atoms with Crippen molar-refractivity contribution >= 4 is 38.9 Å². The molecule has 0 spiro atoms. The molecule has 0 saturated carbocycles. The van der Waals surface area contributed by atoms with Crippen LogP contribution in [0.25, 0.3) is 0 Å². The van der Waals surface area contributed by atoms with Crippen LogP contribution in [0.2, 0.25) is 0 Å². The quantitative estimate of drug-likeness (QED) is 0.548. The van der Waals surface area contributed by atoms with Crippen molar-refractivity contribution in [3.05, 3.63) is 88.1 Å². The van der Waals surface area contributed by atoms with Crippen LogP contribution in [-0.4, -0.2) is 67.5 Å². The van der Waals surface area contributed by atoms with Crippen molar-refractivity contribution in [2.24, 2.45) is 0 Å². The van der Waals surface area contributed by atoms with Crippen LogP contribution in [0.3, 0.4) is 0 Å². The average Bonchev–Trinajstić information content (AvgIpc) is 3.42. The first-order chi connectivity index (χ1) is 16.8. The van der Waals surface area contributed by atoms with Gasteiger partial charge >= 0.3 is 0 Å². The highest BCUT2D eigenvalue weighted by Gasteiger charge is 2.39. The fraction of sp³-hybridized carbons (Fsp3) is 0.240. The van der Waals surface area contributed by atoms with Gasteiger partial charge in [0.15, 0.2) is 0 Å². The molecule has 182 valence electrons. The van der Waals surface area contributed by atoms with Crippen LogP contribution in [-0.2, 0) is 14.6 Å². The molecular weight excluding hydrogens is 486 g/mol. The monoisotopic (exact) mass is 511 g/mol. The lowest BCUT2D eigenvalue weighted by molar-refractivity contribution is -0.132. The molecule has 0 bridgehead atoms. The summed E-state index contributed by atoms with van der Waals surface area (Å²) in [6.07, 6.45) is 0. The molecule has 10 heteroatoms. The first-order valence-corrected chi connectivity index (χ1v) is 13.5. The predicted molar refractivity (Wildman–Crippen MR) is 133 cm³/mol. The molecule has 0 unspecified atom stereocenters. The number of nitrogens with zero attached hydrogens (tertiary/aromatic N) is 2. The lowest BCUT2D eigenvalue weighted by Crippen LogP contribution is -2.57. The third kappa shape index (κ3) is 5.28. The molecule has 1 aliphatic heterocycles. The summed E-state index contributed by atoms with van der Waals surface area (Å²) in [4.78, 5) is 42.4. The van der Waals surface area contributed by atoms with Gasteiger partial charge in [-0.25, -0.2) is 8.42 Å². The number of hydrogen-bond acceptors (Lipinski definition) is 6. The van der Waals surface area contributed by atoms with Gasteiger partial charge in [0.2, 0.25) is 15.2 Å². The van der Waals surface area contributed by atoms with Crippen molar-refractivity contribution in [1.82, 2.24) is 15.1 Å². The minimum absolute atomic E-state index is 0.0572. The molecule has 4 rings (SSSR count). The molecule has 35 heavy (non-hydrogen) atoms.